The Morgan fingerprint density at radius 1 is 1.00 bits per heavy atom. The van der Waals surface area contributed by atoms with Crippen molar-refractivity contribution in [2.24, 2.45) is 10.2 Å². The highest BCUT2D eigenvalue weighted by Gasteiger charge is 2.39. The zero-order valence-electron chi connectivity index (χ0n) is 17.7. The van der Waals surface area contributed by atoms with Crippen LogP contribution in [-0.2, 0) is 4.79 Å². The summed E-state index contributed by atoms with van der Waals surface area (Å²) in [4.78, 5) is 10.9. The molecule has 34 heavy (non-hydrogen) atoms. The standard InChI is InChI=1S/C22H20F6N4O2/c1-2-14(15-5-7-16(8-6-15)30-19(33)21(23,24)25)4-3-13-29-32-18-11-9-17(10-12-18)31-20(34)22(26,27)28/h2-12,19,30,33H,13H2,1H3,(H,31,34)/b4-3-,14-2+,32-29?. The van der Waals surface area contributed by atoms with Gasteiger partial charge in [-0.3, -0.25) is 4.79 Å². The van der Waals surface area contributed by atoms with Crippen molar-refractivity contribution in [1.82, 2.24) is 0 Å². The first-order valence-electron chi connectivity index (χ1n) is 9.70. The van der Waals surface area contributed by atoms with E-state index in [-0.39, 0.29) is 17.9 Å². The van der Waals surface area contributed by atoms with Gasteiger partial charge in [0.05, 0.1) is 12.2 Å². The van der Waals surface area contributed by atoms with E-state index < -0.39 is 24.5 Å². The van der Waals surface area contributed by atoms with Crippen LogP contribution < -0.4 is 10.6 Å². The maximum Gasteiger partial charge on any atom is 0.471 e. The van der Waals surface area contributed by atoms with Crippen molar-refractivity contribution in [3.05, 3.63) is 72.3 Å². The van der Waals surface area contributed by atoms with E-state index in [0.29, 0.717) is 5.69 Å². The van der Waals surface area contributed by atoms with Crippen LogP contribution in [0.3, 0.4) is 0 Å². The molecule has 0 aromatic heterocycles. The summed E-state index contributed by atoms with van der Waals surface area (Å²) in [7, 11) is 0. The van der Waals surface area contributed by atoms with E-state index in [4.69, 9.17) is 5.11 Å². The van der Waals surface area contributed by atoms with Crippen LogP contribution in [0.2, 0.25) is 0 Å². The molecule has 0 bridgehead atoms. The summed E-state index contributed by atoms with van der Waals surface area (Å²) < 4.78 is 74.0. The molecule has 2 rings (SSSR count). The molecule has 0 aliphatic rings. The second kappa shape index (κ2) is 11.5. The number of carbonyl (C=O) groups is 1. The Morgan fingerprint density at radius 3 is 2.12 bits per heavy atom. The summed E-state index contributed by atoms with van der Waals surface area (Å²) >= 11 is 0. The highest BCUT2D eigenvalue weighted by molar-refractivity contribution is 5.95. The lowest BCUT2D eigenvalue weighted by molar-refractivity contribution is -0.194. The van der Waals surface area contributed by atoms with Crippen LogP contribution in [0.1, 0.15) is 12.5 Å². The third-order valence-corrected chi connectivity index (χ3v) is 4.20. The van der Waals surface area contributed by atoms with Crippen LogP contribution >= 0.6 is 0 Å². The number of nitrogens with one attached hydrogen (secondary N) is 2. The van der Waals surface area contributed by atoms with Gasteiger partial charge >= 0.3 is 18.3 Å². The molecule has 0 saturated heterocycles. The molecule has 0 saturated carbocycles. The number of hydrogen-bond donors (Lipinski definition) is 3. The summed E-state index contributed by atoms with van der Waals surface area (Å²) in [5.41, 5.74) is 1.93. The molecule has 6 nitrogen and oxygen atoms in total. The molecule has 0 aliphatic heterocycles. The third kappa shape index (κ3) is 8.35. The maximum absolute atomic E-state index is 12.4. The van der Waals surface area contributed by atoms with Crippen molar-refractivity contribution in [3.8, 4) is 0 Å². The van der Waals surface area contributed by atoms with E-state index in [9.17, 15) is 31.1 Å². The molecular weight excluding hydrogens is 466 g/mol. The number of carbonyl (C=O) groups excluding carboxylic acids is 1. The zero-order valence-corrected chi connectivity index (χ0v) is 17.7. The lowest BCUT2D eigenvalue weighted by Gasteiger charge is -2.17. The molecule has 182 valence electrons. The number of halogens is 6. The second-order valence-corrected chi connectivity index (χ2v) is 6.73. The molecule has 12 heteroatoms. The highest BCUT2D eigenvalue weighted by atomic mass is 19.4. The number of allylic oxidation sites excluding steroid dienone is 3. The quantitative estimate of drug-likeness (QED) is 0.179. The smallest absolute Gasteiger partial charge is 0.366 e. The minimum atomic E-state index is -4.98. The Hall–Kier alpha value is -3.67. The molecular formula is C22H20F6N4O2. The van der Waals surface area contributed by atoms with Crippen LogP contribution in [0.15, 0.2) is 77.0 Å². The third-order valence-electron chi connectivity index (χ3n) is 4.20. The summed E-state index contributed by atoms with van der Waals surface area (Å²) in [6, 6.07) is 11.3. The number of amides is 1. The predicted octanol–water partition coefficient (Wildman–Crippen LogP) is 6.22. The summed E-state index contributed by atoms with van der Waals surface area (Å²) in [6.07, 6.45) is -7.22. The second-order valence-electron chi connectivity index (χ2n) is 6.73. The lowest BCUT2D eigenvalue weighted by atomic mass is 10.0. The van der Waals surface area contributed by atoms with E-state index >= 15 is 0 Å². The van der Waals surface area contributed by atoms with Crippen molar-refractivity contribution < 1.29 is 36.2 Å². The van der Waals surface area contributed by atoms with Crippen LogP contribution in [-0.4, -0.2) is 36.1 Å². The Morgan fingerprint density at radius 2 is 1.59 bits per heavy atom. The number of benzene rings is 2. The molecule has 2 aromatic rings. The Kier molecular flexibility index (Phi) is 8.96. The van der Waals surface area contributed by atoms with Crippen molar-refractivity contribution in [2.45, 2.75) is 25.5 Å². The van der Waals surface area contributed by atoms with Gasteiger partial charge in [0.25, 0.3) is 0 Å². The monoisotopic (exact) mass is 486 g/mol. The number of anilines is 2. The van der Waals surface area contributed by atoms with Gasteiger partial charge in [-0.15, -0.1) is 0 Å². The fourth-order valence-corrected chi connectivity index (χ4v) is 2.52. The van der Waals surface area contributed by atoms with Gasteiger partial charge < -0.3 is 15.7 Å². The topological polar surface area (TPSA) is 86.1 Å². The number of aliphatic hydroxyl groups excluding tert-OH is 1. The van der Waals surface area contributed by atoms with Crippen molar-refractivity contribution in [1.29, 1.82) is 0 Å². The molecule has 0 heterocycles. The van der Waals surface area contributed by atoms with Gasteiger partial charge in [-0.05, 0) is 54.5 Å². The number of aliphatic hydroxyl groups is 1. The zero-order chi connectivity index (χ0) is 25.4. The van der Waals surface area contributed by atoms with E-state index in [1.807, 2.05) is 5.32 Å². The first kappa shape index (κ1) is 26.6. The van der Waals surface area contributed by atoms with E-state index in [2.05, 4.69) is 10.2 Å². The van der Waals surface area contributed by atoms with Crippen LogP contribution in [0.5, 0.6) is 0 Å². The van der Waals surface area contributed by atoms with E-state index in [1.165, 1.54) is 36.4 Å². The van der Waals surface area contributed by atoms with Gasteiger partial charge in [0.2, 0.25) is 6.23 Å². The van der Waals surface area contributed by atoms with Crippen molar-refractivity contribution in [3.63, 3.8) is 0 Å². The minimum absolute atomic E-state index is 0.0342. The summed E-state index contributed by atoms with van der Waals surface area (Å²) in [5.74, 6) is -2.07. The lowest BCUT2D eigenvalue weighted by Crippen LogP contribution is -2.35. The predicted molar refractivity (Wildman–Crippen MR) is 115 cm³/mol. The largest absolute Gasteiger partial charge is 0.471 e. The summed E-state index contributed by atoms with van der Waals surface area (Å²) in [6.45, 7) is 1.96. The van der Waals surface area contributed by atoms with Gasteiger partial charge in [-0.25, -0.2) is 0 Å². The fraction of sp³-hybridized carbons (Fsp3) is 0.227. The van der Waals surface area contributed by atoms with E-state index in [1.54, 1.807) is 42.6 Å². The number of alkyl halides is 6. The van der Waals surface area contributed by atoms with Crippen LogP contribution in [0, 0.1) is 0 Å². The van der Waals surface area contributed by atoms with Gasteiger partial charge in [0.1, 0.15) is 0 Å². The minimum Gasteiger partial charge on any atom is -0.366 e. The SMILES string of the molecule is C/C=C(\C=C/CN=Nc1ccc(NC(=O)C(F)(F)F)cc1)c1ccc(NC(O)C(F)(F)F)cc1. The molecule has 1 amide bonds. The van der Waals surface area contributed by atoms with E-state index in [0.717, 1.165) is 11.1 Å². The van der Waals surface area contributed by atoms with Gasteiger partial charge in [0.15, 0.2) is 0 Å². The Balaban J connectivity index is 1.90. The summed E-state index contributed by atoms with van der Waals surface area (Å²) in [5, 5.41) is 20.6. The van der Waals surface area contributed by atoms with Crippen LogP contribution in [0.4, 0.5) is 43.4 Å². The molecule has 3 N–H and O–H groups in total. The van der Waals surface area contributed by atoms with Gasteiger partial charge in [0, 0.05) is 11.4 Å². The first-order chi connectivity index (χ1) is 15.9. The number of azo groups is 1. The van der Waals surface area contributed by atoms with Crippen LogP contribution in [0.25, 0.3) is 5.57 Å². The number of rotatable bonds is 8. The fourth-order valence-electron chi connectivity index (χ4n) is 2.52. The molecule has 0 fully saturated rings. The van der Waals surface area contributed by atoms with Gasteiger partial charge in [-0.1, -0.05) is 30.4 Å². The number of nitrogens with zero attached hydrogens (tertiary/aromatic N) is 2. The molecule has 0 radical (unpaired) electrons. The normalized spacial score (nSPS) is 13.9. The Bertz CT molecular complexity index is 1040. The molecule has 2 aromatic carbocycles. The van der Waals surface area contributed by atoms with Crippen molar-refractivity contribution >= 4 is 28.5 Å². The highest BCUT2D eigenvalue weighted by Crippen LogP contribution is 2.24. The average molecular weight is 486 g/mol. The molecule has 1 atom stereocenters. The van der Waals surface area contributed by atoms with Gasteiger partial charge in [-0.2, -0.15) is 36.6 Å². The van der Waals surface area contributed by atoms with Crippen molar-refractivity contribution in [2.75, 3.05) is 17.2 Å². The average Bonchev–Trinajstić information content (AvgIpc) is 2.77. The molecule has 0 aliphatic carbocycles. The maximum atomic E-state index is 12.4. The molecule has 1 unspecified atom stereocenters. The first-order valence-corrected chi connectivity index (χ1v) is 9.70. The molecule has 0 spiro atoms. The Labute approximate surface area is 190 Å². The number of hydrogen-bond acceptors (Lipinski definition) is 5.